The maximum absolute atomic E-state index is 12.1. The van der Waals surface area contributed by atoms with Crippen LogP contribution in [0.3, 0.4) is 0 Å². The molecular weight excluding hydrogens is 314 g/mol. The Morgan fingerprint density at radius 1 is 1.39 bits per heavy atom. The Labute approximate surface area is 141 Å². The molecule has 0 saturated heterocycles. The summed E-state index contributed by atoms with van der Waals surface area (Å²) >= 11 is 2.01. The lowest BCUT2D eigenvalue weighted by molar-refractivity contribution is 0.0516. The van der Waals surface area contributed by atoms with Crippen LogP contribution in [0.5, 0.6) is 0 Å². The van der Waals surface area contributed by atoms with Gasteiger partial charge in [0.05, 0.1) is 12.9 Å². The first-order chi connectivity index (χ1) is 11.2. The van der Waals surface area contributed by atoms with Gasteiger partial charge >= 0.3 is 5.97 Å². The van der Waals surface area contributed by atoms with Crippen LogP contribution in [-0.4, -0.2) is 46.0 Å². The summed E-state index contributed by atoms with van der Waals surface area (Å²) in [6.45, 7) is 2.57. The maximum atomic E-state index is 12.1. The Balaban J connectivity index is 1.68. The molecule has 0 spiro atoms. The van der Waals surface area contributed by atoms with Crippen LogP contribution < -0.4 is 5.32 Å². The standard InChI is InChI=1S/C16H25N3O3S/c1-2-22-16(21)14-13(18-11-19-14)15(20)17-9-6-10-23-12-7-4-3-5-8-12/h11-12H,2-10H2,1H3,(H,17,20)(H,18,19). The molecule has 0 radical (unpaired) electrons. The van der Waals surface area contributed by atoms with Gasteiger partial charge in [-0.15, -0.1) is 0 Å². The van der Waals surface area contributed by atoms with Crippen molar-refractivity contribution in [3.8, 4) is 0 Å². The van der Waals surface area contributed by atoms with E-state index in [-0.39, 0.29) is 23.9 Å². The van der Waals surface area contributed by atoms with Crippen molar-refractivity contribution in [2.24, 2.45) is 0 Å². The van der Waals surface area contributed by atoms with E-state index in [2.05, 4.69) is 15.3 Å². The fourth-order valence-corrected chi connectivity index (χ4v) is 3.98. The van der Waals surface area contributed by atoms with Crippen LogP contribution in [0.25, 0.3) is 0 Å². The van der Waals surface area contributed by atoms with E-state index in [1.54, 1.807) is 6.92 Å². The van der Waals surface area contributed by atoms with Crippen molar-refractivity contribution in [3.63, 3.8) is 0 Å². The molecule has 1 heterocycles. The zero-order valence-electron chi connectivity index (χ0n) is 13.6. The van der Waals surface area contributed by atoms with Gasteiger partial charge in [0.15, 0.2) is 11.4 Å². The minimum atomic E-state index is -0.553. The number of carbonyl (C=O) groups is 2. The molecular formula is C16H25N3O3S. The summed E-state index contributed by atoms with van der Waals surface area (Å²) in [6.07, 6.45) is 8.99. The Hall–Kier alpha value is -1.50. The molecule has 2 rings (SSSR count). The van der Waals surface area contributed by atoms with Gasteiger partial charge in [-0.25, -0.2) is 9.78 Å². The highest BCUT2D eigenvalue weighted by Crippen LogP contribution is 2.28. The van der Waals surface area contributed by atoms with Gasteiger partial charge in [0.25, 0.3) is 5.91 Å². The highest BCUT2D eigenvalue weighted by molar-refractivity contribution is 7.99. The molecule has 2 N–H and O–H groups in total. The Kier molecular flexibility index (Phi) is 7.45. The van der Waals surface area contributed by atoms with Gasteiger partial charge < -0.3 is 15.0 Å². The van der Waals surface area contributed by atoms with Crippen molar-refractivity contribution in [1.82, 2.24) is 15.3 Å². The van der Waals surface area contributed by atoms with Crippen LogP contribution in [0.4, 0.5) is 0 Å². The number of nitrogens with one attached hydrogen (secondary N) is 2. The second-order valence-electron chi connectivity index (χ2n) is 5.59. The van der Waals surface area contributed by atoms with E-state index in [0.717, 1.165) is 17.4 Å². The minimum absolute atomic E-state index is 0.100. The van der Waals surface area contributed by atoms with Crippen molar-refractivity contribution in [2.45, 2.75) is 50.7 Å². The lowest BCUT2D eigenvalue weighted by Gasteiger charge is -2.20. The molecule has 1 amide bonds. The summed E-state index contributed by atoms with van der Waals surface area (Å²) in [5.74, 6) is 0.163. The van der Waals surface area contributed by atoms with E-state index in [0.29, 0.717) is 6.54 Å². The molecule has 0 bridgehead atoms. The molecule has 1 saturated carbocycles. The van der Waals surface area contributed by atoms with Crippen molar-refractivity contribution < 1.29 is 14.3 Å². The number of H-pyrrole nitrogens is 1. The third-order valence-corrected chi connectivity index (χ3v) is 5.31. The molecule has 0 aliphatic heterocycles. The quantitative estimate of drug-likeness (QED) is 0.562. The number of nitrogens with zero attached hydrogens (tertiary/aromatic N) is 1. The van der Waals surface area contributed by atoms with Crippen LogP contribution in [0, 0.1) is 0 Å². The SMILES string of the molecule is CCOC(=O)c1[nH]cnc1C(=O)NCCCSC1CCCCC1. The Bertz CT molecular complexity index is 512. The van der Waals surface area contributed by atoms with E-state index < -0.39 is 5.97 Å². The fraction of sp³-hybridized carbons (Fsp3) is 0.688. The number of aromatic amines is 1. The average Bonchev–Trinajstić information content (AvgIpc) is 3.05. The van der Waals surface area contributed by atoms with Crippen molar-refractivity contribution >= 4 is 23.6 Å². The molecule has 1 aliphatic carbocycles. The molecule has 7 heteroatoms. The zero-order chi connectivity index (χ0) is 16.5. The maximum Gasteiger partial charge on any atom is 0.357 e. The van der Waals surface area contributed by atoms with Crippen LogP contribution in [-0.2, 0) is 4.74 Å². The van der Waals surface area contributed by atoms with E-state index in [9.17, 15) is 9.59 Å². The molecule has 1 aromatic heterocycles. The number of hydrogen-bond acceptors (Lipinski definition) is 5. The summed E-state index contributed by atoms with van der Waals surface area (Å²) in [6, 6.07) is 0. The molecule has 23 heavy (non-hydrogen) atoms. The third kappa shape index (κ3) is 5.57. The van der Waals surface area contributed by atoms with E-state index in [4.69, 9.17) is 4.74 Å². The largest absolute Gasteiger partial charge is 0.461 e. The molecule has 1 aromatic rings. The van der Waals surface area contributed by atoms with Crippen LogP contribution in [0.1, 0.15) is 66.4 Å². The van der Waals surface area contributed by atoms with Crippen LogP contribution in [0.15, 0.2) is 6.33 Å². The van der Waals surface area contributed by atoms with E-state index >= 15 is 0 Å². The Morgan fingerprint density at radius 2 is 2.17 bits per heavy atom. The van der Waals surface area contributed by atoms with E-state index in [1.807, 2.05) is 11.8 Å². The van der Waals surface area contributed by atoms with Crippen molar-refractivity contribution in [3.05, 3.63) is 17.7 Å². The number of amides is 1. The minimum Gasteiger partial charge on any atom is -0.461 e. The first-order valence-corrected chi connectivity index (χ1v) is 9.37. The van der Waals surface area contributed by atoms with Crippen LogP contribution >= 0.6 is 11.8 Å². The summed E-state index contributed by atoms with van der Waals surface area (Å²) in [5.41, 5.74) is 0.212. The number of aromatic nitrogens is 2. The number of hydrogen-bond donors (Lipinski definition) is 2. The number of ether oxygens (including phenoxy) is 1. The second-order valence-corrected chi connectivity index (χ2v) is 7.00. The Morgan fingerprint density at radius 3 is 2.91 bits per heavy atom. The fourth-order valence-electron chi connectivity index (χ4n) is 2.66. The summed E-state index contributed by atoms with van der Waals surface area (Å²) in [5, 5.41) is 3.61. The van der Waals surface area contributed by atoms with Gasteiger partial charge in [-0.3, -0.25) is 4.79 Å². The first kappa shape index (κ1) is 17.8. The smallest absolute Gasteiger partial charge is 0.357 e. The summed E-state index contributed by atoms with van der Waals surface area (Å²) in [4.78, 5) is 30.4. The highest BCUT2D eigenvalue weighted by Gasteiger charge is 2.21. The van der Waals surface area contributed by atoms with Gasteiger partial charge in [0.2, 0.25) is 0 Å². The molecule has 0 atom stereocenters. The lowest BCUT2D eigenvalue weighted by atomic mass is 10.0. The van der Waals surface area contributed by atoms with Crippen molar-refractivity contribution in [2.75, 3.05) is 18.9 Å². The number of imidazole rings is 1. The predicted molar refractivity (Wildman–Crippen MR) is 90.8 cm³/mol. The number of esters is 1. The first-order valence-electron chi connectivity index (χ1n) is 8.32. The molecule has 0 unspecified atom stereocenters. The summed E-state index contributed by atoms with van der Waals surface area (Å²) in [7, 11) is 0. The number of thioether (sulfide) groups is 1. The predicted octanol–water partition coefficient (Wildman–Crippen LogP) is 2.77. The lowest BCUT2D eigenvalue weighted by Crippen LogP contribution is -2.27. The monoisotopic (exact) mass is 339 g/mol. The highest BCUT2D eigenvalue weighted by atomic mass is 32.2. The topological polar surface area (TPSA) is 84.1 Å². The van der Waals surface area contributed by atoms with Gasteiger partial charge in [0, 0.05) is 11.8 Å². The molecule has 128 valence electrons. The van der Waals surface area contributed by atoms with Gasteiger partial charge in [-0.1, -0.05) is 19.3 Å². The van der Waals surface area contributed by atoms with Gasteiger partial charge in [-0.2, -0.15) is 11.8 Å². The van der Waals surface area contributed by atoms with Gasteiger partial charge in [0.1, 0.15) is 0 Å². The van der Waals surface area contributed by atoms with E-state index in [1.165, 1.54) is 38.4 Å². The third-order valence-electron chi connectivity index (χ3n) is 3.85. The molecule has 1 fully saturated rings. The second kappa shape index (κ2) is 9.60. The van der Waals surface area contributed by atoms with Crippen LogP contribution in [0.2, 0.25) is 0 Å². The zero-order valence-corrected chi connectivity index (χ0v) is 14.4. The normalized spacial score (nSPS) is 15.3. The summed E-state index contributed by atoms with van der Waals surface area (Å²) < 4.78 is 4.89. The number of carbonyl (C=O) groups excluding carboxylic acids is 2. The number of rotatable bonds is 8. The molecule has 0 aromatic carbocycles. The van der Waals surface area contributed by atoms with Gasteiger partial charge in [-0.05, 0) is 31.9 Å². The van der Waals surface area contributed by atoms with Crippen molar-refractivity contribution in [1.29, 1.82) is 0 Å². The average molecular weight is 339 g/mol. The molecule has 6 nitrogen and oxygen atoms in total. The molecule has 1 aliphatic rings.